The minimum Gasteiger partial charge on any atom is -0.282 e. The normalized spacial score (nSPS) is 25.4. The van der Waals surface area contributed by atoms with Crippen molar-refractivity contribution >= 4 is 38.5 Å². The summed E-state index contributed by atoms with van der Waals surface area (Å²) >= 11 is 0.805. The third-order valence-electron chi connectivity index (χ3n) is 3.17. The highest BCUT2D eigenvalue weighted by atomic mass is 32.2. The van der Waals surface area contributed by atoms with Crippen LogP contribution in [0.5, 0.6) is 0 Å². The highest BCUT2D eigenvalue weighted by molar-refractivity contribution is 8.18. The summed E-state index contributed by atoms with van der Waals surface area (Å²) in [7, 11) is -2.09. The number of thioether (sulfide) groups is 1. The Kier molecular flexibility index (Phi) is 2.96. The fourth-order valence-electron chi connectivity index (χ4n) is 2.21. The summed E-state index contributed by atoms with van der Waals surface area (Å²) in [4.78, 5) is 23.5. The Labute approximate surface area is 119 Å². The van der Waals surface area contributed by atoms with Crippen molar-refractivity contribution in [1.82, 2.24) is 9.62 Å². The topological polar surface area (TPSA) is 83.6 Å². The van der Waals surface area contributed by atoms with Crippen LogP contribution in [0.25, 0.3) is 5.57 Å². The van der Waals surface area contributed by atoms with E-state index in [-0.39, 0.29) is 16.3 Å². The van der Waals surface area contributed by atoms with E-state index in [2.05, 4.69) is 5.32 Å². The van der Waals surface area contributed by atoms with Gasteiger partial charge in [-0.25, -0.2) is 8.42 Å². The summed E-state index contributed by atoms with van der Waals surface area (Å²) in [5.74, 6) is -0.475. The van der Waals surface area contributed by atoms with E-state index in [0.29, 0.717) is 11.1 Å². The molecule has 2 heterocycles. The van der Waals surface area contributed by atoms with Crippen molar-refractivity contribution < 1.29 is 18.0 Å². The molecule has 0 aromatic heterocycles. The summed E-state index contributed by atoms with van der Waals surface area (Å²) < 4.78 is 25.7. The summed E-state index contributed by atoms with van der Waals surface area (Å²) in [5.41, 5.74) is 1.05. The van der Waals surface area contributed by atoms with Gasteiger partial charge in [0.1, 0.15) is 0 Å². The molecule has 0 saturated carbocycles. The maximum Gasteiger partial charge on any atom is 0.290 e. The molecule has 3 rings (SSSR count). The Morgan fingerprint density at radius 1 is 1.25 bits per heavy atom. The number of fused-ring (bicyclic) bond motifs is 1. The second-order valence-corrected chi connectivity index (χ2v) is 7.41. The number of carbonyl (C=O) groups is 2. The molecule has 1 fully saturated rings. The van der Waals surface area contributed by atoms with Crippen molar-refractivity contribution in [2.45, 2.75) is 4.90 Å². The smallest absolute Gasteiger partial charge is 0.282 e. The molecule has 0 atom stereocenters. The number of amides is 2. The van der Waals surface area contributed by atoms with Gasteiger partial charge in [-0.3, -0.25) is 14.9 Å². The molecular weight excluding hydrogens is 300 g/mol. The molecule has 2 aliphatic rings. The van der Waals surface area contributed by atoms with Gasteiger partial charge in [-0.15, -0.1) is 0 Å². The van der Waals surface area contributed by atoms with E-state index < -0.39 is 21.2 Å². The van der Waals surface area contributed by atoms with E-state index in [9.17, 15) is 18.0 Å². The summed E-state index contributed by atoms with van der Waals surface area (Å²) in [6.45, 7) is 0.0718. The molecule has 1 saturated heterocycles. The fourth-order valence-corrected chi connectivity index (χ4v) is 4.33. The molecule has 0 bridgehead atoms. The SMILES string of the molecule is CN1C/C(=C2/SC(=O)NC2=O)c2ccccc2S1(=O)=O. The molecule has 8 heteroatoms. The second kappa shape index (κ2) is 4.44. The van der Waals surface area contributed by atoms with Crippen molar-refractivity contribution in [3.8, 4) is 0 Å². The molecule has 0 radical (unpaired) electrons. The molecule has 6 nitrogen and oxygen atoms in total. The Bertz CT molecular complexity index is 767. The van der Waals surface area contributed by atoms with E-state index in [1.54, 1.807) is 18.2 Å². The lowest BCUT2D eigenvalue weighted by molar-refractivity contribution is -0.115. The third-order valence-corrected chi connectivity index (χ3v) is 5.96. The second-order valence-electron chi connectivity index (χ2n) is 4.41. The molecular formula is C12H10N2O4S2. The largest absolute Gasteiger partial charge is 0.290 e. The molecule has 1 N–H and O–H groups in total. The van der Waals surface area contributed by atoms with Crippen LogP contribution in [0.4, 0.5) is 4.79 Å². The first-order valence-electron chi connectivity index (χ1n) is 5.73. The lowest BCUT2D eigenvalue weighted by Crippen LogP contribution is -2.34. The zero-order valence-electron chi connectivity index (χ0n) is 10.4. The standard InChI is InChI=1S/C12H10N2O4S2/c1-14-6-8(10-11(15)13-12(16)19-10)7-4-2-3-5-9(7)20(14,17)18/h2-5H,6H2,1H3,(H,13,15,16)/b10-8-. The van der Waals surface area contributed by atoms with Crippen molar-refractivity contribution in [2.75, 3.05) is 13.6 Å². The van der Waals surface area contributed by atoms with Gasteiger partial charge >= 0.3 is 0 Å². The van der Waals surface area contributed by atoms with Crippen LogP contribution in [0.2, 0.25) is 0 Å². The van der Waals surface area contributed by atoms with Gasteiger partial charge in [0.15, 0.2) is 0 Å². The van der Waals surface area contributed by atoms with Gasteiger partial charge in [-0.2, -0.15) is 4.31 Å². The summed E-state index contributed by atoms with van der Waals surface area (Å²) in [6, 6.07) is 6.49. The number of nitrogens with one attached hydrogen (secondary N) is 1. The summed E-state index contributed by atoms with van der Waals surface area (Å²) in [6.07, 6.45) is 0. The molecule has 1 aromatic carbocycles. The van der Waals surface area contributed by atoms with Crippen LogP contribution >= 0.6 is 11.8 Å². The molecule has 0 spiro atoms. The number of rotatable bonds is 0. The van der Waals surface area contributed by atoms with Gasteiger partial charge in [0, 0.05) is 19.2 Å². The molecule has 2 aliphatic heterocycles. The molecule has 0 unspecified atom stereocenters. The zero-order valence-corrected chi connectivity index (χ0v) is 12.0. The van der Waals surface area contributed by atoms with Gasteiger partial charge in [-0.1, -0.05) is 18.2 Å². The van der Waals surface area contributed by atoms with Crippen molar-refractivity contribution in [3.05, 3.63) is 34.7 Å². The van der Waals surface area contributed by atoms with Crippen LogP contribution < -0.4 is 5.32 Å². The van der Waals surface area contributed by atoms with Gasteiger partial charge < -0.3 is 0 Å². The Balaban J connectivity index is 2.28. The monoisotopic (exact) mass is 310 g/mol. The van der Waals surface area contributed by atoms with Crippen LogP contribution in [0.15, 0.2) is 34.1 Å². The fraction of sp³-hybridized carbons (Fsp3) is 0.167. The minimum absolute atomic E-state index is 0.0718. The van der Waals surface area contributed by atoms with E-state index >= 15 is 0 Å². The lowest BCUT2D eigenvalue weighted by Gasteiger charge is -2.27. The van der Waals surface area contributed by atoms with Crippen LogP contribution in [0, 0.1) is 0 Å². The first-order chi connectivity index (χ1) is 9.41. The predicted octanol–water partition coefficient (Wildman–Crippen LogP) is 1.01. The number of hydrogen-bond acceptors (Lipinski definition) is 5. The minimum atomic E-state index is -3.54. The van der Waals surface area contributed by atoms with Gasteiger partial charge in [0.2, 0.25) is 10.0 Å². The maximum absolute atomic E-state index is 12.2. The molecule has 20 heavy (non-hydrogen) atoms. The van der Waals surface area contributed by atoms with Crippen molar-refractivity contribution in [3.63, 3.8) is 0 Å². The molecule has 0 aliphatic carbocycles. The number of sulfonamides is 1. The van der Waals surface area contributed by atoms with E-state index in [0.717, 1.165) is 11.8 Å². The highest BCUT2D eigenvalue weighted by Crippen LogP contribution is 2.38. The molecule has 2 amide bonds. The number of imide groups is 1. The van der Waals surface area contributed by atoms with E-state index in [4.69, 9.17) is 0 Å². The highest BCUT2D eigenvalue weighted by Gasteiger charge is 2.36. The third kappa shape index (κ3) is 1.88. The van der Waals surface area contributed by atoms with Crippen LogP contribution in [0.1, 0.15) is 5.56 Å². The molecule has 1 aromatic rings. The van der Waals surface area contributed by atoms with Crippen molar-refractivity contribution in [2.24, 2.45) is 0 Å². The number of benzene rings is 1. The lowest BCUT2D eigenvalue weighted by atomic mass is 10.0. The Hall–Kier alpha value is -1.64. The zero-order chi connectivity index (χ0) is 14.5. The van der Waals surface area contributed by atoms with Gasteiger partial charge in [-0.05, 0) is 23.4 Å². The van der Waals surface area contributed by atoms with Gasteiger partial charge in [0.25, 0.3) is 11.1 Å². The Morgan fingerprint density at radius 2 is 1.95 bits per heavy atom. The predicted molar refractivity (Wildman–Crippen MR) is 74.3 cm³/mol. The average Bonchev–Trinajstić information content (AvgIpc) is 2.73. The van der Waals surface area contributed by atoms with Crippen LogP contribution in [-0.2, 0) is 14.8 Å². The summed E-state index contributed by atoms with van der Waals surface area (Å²) in [5, 5.41) is 1.75. The Morgan fingerprint density at radius 3 is 2.60 bits per heavy atom. The number of likely N-dealkylation sites (N-methyl/N-ethyl adjacent to an activating group) is 1. The first kappa shape index (κ1) is 13.3. The number of carbonyl (C=O) groups excluding carboxylic acids is 2. The van der Waals surface area contributed by atoms with Crippen LogP contribution in [-0.4, -0.2) is 37.5 Å². The number of hydrogen-bond donors (Lipinski definition) is 1. The number of nitrogens with zero attached hydrogens (tertiary/aromatic N) is 1. The quantitative estimate of drug-likeness (QED) is 0.723. The van der Waals surface area contributed by atoms with E-state index in [1.807, 2.05) is 0 Å². The van der Waals surface area contributed by atoms with Crippen molar-refractivity contribution in [1.29, 1.82) is 0 Å². The maximum atomic E-state index is 12.2. The first-order valence-corrected chi connectivity index (χ1v) is 7.99. The molecule has 104 valence electrons. The van der Waals surface area contributed by atoms with E-state index in [1.165, 1.54) is 17.4 Å². The van der Waals surface area contributed by atoms with Gasteiger partial charge in [0.05, 0.1) is 9.80 Å². The average molecular weight is 310 g/mol. The van der Waals surface area contributed by atoms with Crippen LogP contribution in [0.3, 0.4) is 0 Å².